The molecule has 1 heterocycles. The van der Waals surface area contributed by atoms with E-state index in [1.54, 1.807) is 4.90 Å². The predicted molar refractivity (Wildman–Crippen MR) is 90.6 cm³/mol. The molecule has 132 valence electrons. The first kappa shape index (κ1) is 18.1. The van der Waals surface area contributed by atoms with Gasteiger partial charge < -0.3 is 19.7 Å². The van der Waals surface area contributed by atoms with Crippen LogP contribution < -0.4 is 5.32 Å². The van der Waals surface area contributed by atoms with E-state index in [1.807, 2.05) is 58.0 Å². The third-order valence-electron chi connectivity index (χ3n) is 3.74. The van der Waals surface area contributed by atoms with Crippen LogP contribution in [0.15, 0.2) is 30.3 Å². The van der Waals surface area contributed by atoms with Gasteiger partial charge in [-0.2, -0.15) is 0 Å². The van der Waals surface area contributed by atoms with Gasteiger partial charge in [-0.1, -0.05) is 30.3 Å². The summed E-state index contributed by atoms with van der Waals surface area (Å²) in [5.74, 6) is 0. The minimum absolute atomic E-state index is 0.242. The molecule has 6 heteroatoms. The number of ether oxygens (including phenoxy) is 2. The zero-order valence-electron chi connectivity index (χ0n) is 14.8. The van der Waals surface area contributed by atoms with Crippen LogP contribution in [0.2, 0.25) is 0 Å². The Hall–Kier alpha value is -2.24. The summed E-state index contributed by atoms with van der Waals surface area (Å²) in [6, 6.07) is 9.54. The lowest BCUT2D eigenvalue weighted by atomic mass is 10.0. The van der Waals surface area contributed by atoms with Crippen molar-refractivity contribution in [2.24, 2.45) is 0 Å². The Kier molecular flexibility index (Phi) is 5.36. The molecule has 1 aliphatic rings. The van der Waals surface area contributed by atoms with Crippen molar-refractivity contribution in [3.63, 3.8) is 0 Å². The molecule has 1 atom stereocenters. The van der Waals surface area contributed by atoms with Gasteiger partial charge in [-0.15, -0.1) is 0 Å². The minimum atomic E-state index is -0.548. The van der Waals surface area contributed by atoms with E-state index in [-0.39, 0.29) is 12.7 Å². The van der Waals surface area contributed by atoms with Gasteiger partial charge in [-0.3, -0.25) is 0 Å². The zero-order valence-corrected chi connectivity index (χ0v) is 14.8. The van der Waals surface area contributed by atoms with Crippen molar-refractivity contribution >= 4 is 12.2 Å². The van der Waals surface area contributed by atoms with Crippen molar-refractivity contribution in [1.82, 2.24) is 10.2 Å². The van der Waals surface area contributed by atoms with Gasteiger partial charge in [0, 0.05) is 13.1 Å². The van der Waals surface area contributed by atoms with Crippen LogP contribution in [0.5, 0.6) is 0 Å². The van der Waals surface area contributed by atoms with E-state index in [0.29, 0.717) is 19.5 Å². The summed E-state index contributed by atoms with van der Waals surface area (Å²) in [6.45, 7) is 8.54. The normalized spacial score (nSPS) is 20.6. The average molecular weight is 334 g/mol. The number of nitrogens with one attached hydrogen (secondary N) is 1. The number of nitrogens with zero attached hydrogens (tertiary/aromatic N) is 1. The highest BCUT2D eigenvalue weighted by atomic mass is 16.6. The summed E-state index contributed by atoms with van der Waals surface area (Å²) in [5, 5.41) is 2.86. The van der Waals surface area contributed by atoms with Gasteiger partial charge in [-0.25, -0.2) is 9.59 Å². The molecule has 2 rings (SSSR count). The maximum Gasteiger partial charge on any atom is 0.410 e. The molecule has 1 aromatic rings. The molecule has 0 radical (unpaired) electrons. The molecule has 1 fully saturated rings. The van der Waals surface area contributed by atoms with Gasteiger partial charge >= 0.3 is 12.2 Å². The Morgan fingerprint density at radius 1 is 1.25 bits per heavy atom. The molecule has 0 saturated carbocycles. The number of benzene rings is 1. The van der Waals surface area contributed by atoms with Crippen molar-refractivity contribution in [3.05, 3.63) is 35.9 Å². The molecule has 1 aliphatic heterocycles. The molecule has 0 spiro atoms. The van der Waals surface area contributed by atoms with Crippen LogP contribution >= 0.6 is 0 Å². The molecule has 1 aromatic carbocycles. The number of hydrogen-bond acceptors (Lipinski definition) is 4. The molecule has 0 aliphatic carbocycles. The first-order chi connectivity index (χ1) is 11.2. The topological polar surface area (TPSA) is 67.9 Å². The highest BCUT2D eigenvalue weighted by Crippen LogP contribution is 2.22. The van der Waals surface area contributed by atoms with Crippen molar-refractivity contribution in [3.8, 4) is 0 Å². The van der Waals surface area contributed by atoms with Crippen LogP contribution in [0, 0.1) is 0 Å². The first-order valence-corrected chi connectivity index (χ1v) is 8.14. The second-order valence-electron chi connectivity index (χ2n) is 7.40. The van der Waals surface area contributed by atoms with Crippen LogP contribution in [0.3, 0.4) is 0 Å². The van der Waals surface area contributed by atoms with Gasteiger partial charge in [-0.05, 0) is 39.7 Å². The number of alkyl carbamates (subject to hydrolysis) is 1. The summed E-state index contributed by atoms with van der Waals surface area (Å²) < 4.78 is 10.6. The molecule has 24 heavy (non-hydrogen) atoms. The largest absolute Gasteiger partial charge is 0.445 e. The maximum absolute atomic E-state index is 12.2. The number of likely N-dealkylation sites (tertiary alicyclic amines) is 1. The molecule has 6 nitrogen and oxygen atoms in total. The third-order valence-corrected chi connectivity index (χ3v) is 3.74. The SMILES string of the molecule is CC(C)(C)OC(=O)N[C@]1(C)CCN(C(=O)OCc2ccccc2)C1. The smallest absolute Gasteiger partial charge is 0.410 e. The minimum Gasteiger partial charge on any atom is -0.445 e. The van der Waals surface area contributed by atoms with E-state index >= 15 is 0 Å². The number of rotatable bonds is 3. The fourth-order valence-electron chi connectivity index (χ4n) is 2.58. The van der Waals surface area contributed by atoms with E-state index < -0.39 is 17.2 Å². The van der Waals surface area contributed by atoms with E-state index in [0.717, 1.165) is 5.56 Å². The standard InChI is InChI=1S/C18H26N2O4/c1-17(2,3)24-15(21)19-18(4)10-11-20(13-18)16(22)23-12-14-8-6-5-7-9-14/h5-9H,10-13H2,1-4H3,(H,19,21)/t18-/m1/s1. The Labute approximate surface area is 143 Å². The van der Waals surface area contributed by atoms with Gasteiger partial charge in [0.2, 0.25) is 0 Å². The van der Waals surface area contributed by atoms with E-state index in [9.17, 15) is 9.59 Å². The molecule has 1 saturated heterocycles. The van der Waals surface area contributed by atoms with Crippen LogP contribution in [-0.4, -0.2) is 41.3 Å². The van der Waals surface area contributed by atoms with Crippen molar-refractivity contribution < 1.29 is 19.1 Å². The number of carbonyl (C=O) groups excluding carboxylic acids is 2. The lowest BCUT2D eigenvalue weighted by Gasteiger charge is -2.28. The number of amides is 2. The zero-order chi connectivity index (χ0) is 17.8. The van der Waals surface area contributed by atoms with E-state index in [1.165, 1.54) is 0 Å². The summed E-state index contributed by atoms with van der Waals surface area (Å²) in [4.78, 5) is 25.7. The van der Waals surface area contributed by atoms with E-state index in [2.05, 4.69) is 5.32 Å². The second kappa shape index (κ2) is 7.11. The van der Waals surface area contributed by atoms with E-state index in [4.69, 9.17) is 9.47 Å². The van der Waals surface area contributed by atoms with Gasteiger partial charge in [0.1, 0.15) is 12.2 Å². The Balaban J connectivity index is 1.82. The molecular formula is C18H26N2O4. The second-order valence-corrected chi connectivity index (χ2v) is 7.40. The van der Waals surface area contributed by atoms with Gasteiger partial charge in [0.05, 0.1) is 5.54 Å². The lowest BCUT2D eigenvalue weighted by Crippen LogP contribution is -2.50. The summed E-state index contributed by atoms with van der Waals surface area (Å²) in [5.41, 5.74) is -0.110. The fraction of sp³-hybridized carbons (Fsp3) is 0.556. The van der Waals surface area contributed by atoms with Gasteiger partial charge in [0.15, 0.2) is 0 Å². The highest BCUT2D eigenvalue weighted by molar-refractivity contribution is 5.71. The number of hydrogen-bond donors (Lipinski definition) is 1. The maximum atomic E-state index is 12.2. The molecular weight excluding hydrogens is 308 g/mol. The molecule has 0 unspecified atom stereocenters. The van der Waals surface area contributed by atoms with Crippen LogP contribution in [0.25, 0.3) is 0 Å². The van der Waals surface area contributed by atoms with Crippen LogP contribution in [0.4, 0.5) is 9.59 Å². The molecule has 2 amide bonds. The van der Waals surface area contributed by atoms with Crippen molar-refractivity contribution in [2.75, 3.05) is 13.1 Å². The molecule has 1 N–H and O–H groups in total. The average Bonchev–Trinajstić information content (AvgIpc) is 2.85. The lowest BCUT2D eigenvalue weighted by molar-refractivity contribution is 0.0462. The third kappa shape index (κ3) is 5.44. The Morgan fingerprint density at radius 2 is 1.92 bits per heavy atom. The van der Waals surface area contributed by atoms with Crippen molar-refractivity contribution in [1.29, 1.82) is 0 Å². The summed E-state index contributed by atoms with van der Waals surface area (Å²) in [7, 11) is 0. The summed E-state index contributed by atoms with van der Waals surface area (Å²) in [6.07, 6.45) is -0.176. The van der Waals surface area contributed by atoms with Crippen molar-refractivity contribution in [2.45, 2.75) is 51.9 Å². The molecule has 0 aromatic heterocycles. The Morgan fingerprint density at radius 3 is 2.54 bits per heavy atom. The van der Waals surface area contributed by atoms with Gasteiger partial charge in [0.25, 0.3) is 0 Å². The summed E-state index contributed by atoms with van der Waals surface area (Å²) >= 11 is 0. The Bertz CT molecular complexity index is 582. The first-order valence-electron chi connectivity index (χ1n) is 8.14. The van der Waals surface area contributed by atoms with Crippen LogP contribution in [-0.2, 0) is 16.1 Å². The van der Waals surface area contributed by atoms with Crippen LogP contribution in [0.1, 0.15) is 39.7 Å². The molecule has 0 bridgehead atoms. The highest BCUT2D eigenvalue weighted by Gasteiger charge is 2.38. The quantitative estimate of drug-likeness (QED) is 0.921. The number of carbonyl (C=O) groups is 2. The fourth-order valence-corrected chi connectivity index (χ4v) is 2.58. The predicted octanol–water partition coefficient (Wildman–Crippen LogP) is 3.31. The monoisotopic (exact) mass is 334 g/mol.